The first-order chi connectivity index (χ1) is 11.1. The Kier molecular flexibility index (Phi) is 4.32. The van der Waals surface area contributed by atoms with Crippen molar-refractivity contribution in [2.24, 2.45) is 0 Å². The highest BCUT2D eigenvalue weighted by Gasteiger charge is 2.26. The molecule has 1 N–H and O–H groups in total. The maximum atomic E-state index is 12.8. The van der Waals surface area contributed by atoms with Crippen LogP contribution in [0.5, 0.6) is 0 Å². The maximum Gasteiger partial charge on any atom is 0.290 e. The minimum absolute atomic E-state index is 0.0178. The highest BCUT2D eigenvalue weighted by Crippen LogP contribution is 2.17. The van der Waals surface area contributed by atoms with E-state index in [9.17, 15) is 9.59 Å². The van der Waals surface area contributed by atoms with Gasteiger partial charge in [-0.1, -0.05) is 6.07 Å². The Hall–Kier alpha value is -2.37. The summed E-state index contributed by atoms with van der Waals surface area (Å²) < 4.78 is 1.71. The van der Waals surface area contributed by atoms with Crippen LogP contribution in [-0.2, 0) is 0 Å². The number of piperidine rings is 1. The molecule has 0 spiro atoms. The van der Waals surface area contributed by atoms with Crippen LogP contribution in [0.4, 0.5) is 0 Å². The third kappa shape index (κ3) is 3.06. The third-order valence-electron chi connectivity index (χ3n) is 4.02. The number of amides is 2. The van der Waals surface area contributed by atoms with Gasteiger partial charge in [-0.15, -0.1) is 0 Å². The van der Waals surface area contributed by atoms with Gasteiger partial charge in [0.2, 0.25) is 5.82 Å². The lowest BCUT2D eigenvalue weighted by Crippen LogP contribution is -2.36. The number of rotatable bonds is 3. The number of fused-ring (bicyclic) bond motifs is 1. The molecule has 0 radical (unpaired) electrons. The number of pyridine rings is 1. The minimum atomic E-state index is -0.249. The molecule has 0 aliphatic carbocycles. The summed E-state index contributed by atoms with van der Waals surface area (Å²) in [7, 11) is 0. The largest absolute Gasteiger partial charge is 0.348 e. The molecule has 2 amide bonds. The molecule has 122 valence electrons. The standard InChI is InChI=1S/C17H22N4O2/c1-12(2)18-16(22)14-13-8-4-7-11-21(13)15(19-14)17(23)20-9-5-3-6-10-20/h4,7-8,11-12H,3,5-6,9-10H2,1-2H3,(H,18,22). The van der Waals surface area contributed by atoms with Crippen LogP contribution < -0.4 is 5.32 Å². The molecule has 0 bridgehead atoms. The van der Waals surface area contributed by atoms with E-state index < -0.39 is 0 Å². The SMILES string of the molecule is CC(C)NC(=O)c1nc(C(=O)N2CCCCC2)n2ccccc12. The van der Waals surface area contributed by atoms with Crippen LogP contribution in [0, 0.1) is 0 Å². The van der Waals surface area contributed by atoms with E-state index in [1.807, 2.05) is 36.9 Å². The molecule has 1 saturated heterocycles. The van der Waals surface area contributed by atoms with Crippen molar-refractivity contribution in [3.05, 3.63) is 35.9 Å². The van der Waals surface area contributed by atoms with Crippen LogP contribution in [-0.4, -0.2) is 45.2 Å². The predicted octanol–water partition coefficient (Wildman–Crippen LogP) is 2.10. The molecular weight excluding hydrogens is 292 g/mol. The van der Waals surface area contributed by atoms with Gasteiger partial charge in [0.15, 0.2) is 5.69 Å². The fourth-order valence-corrected chi connectivity index (χ4v) is 2.92. The topological polar surface area (TPSA) is 66.7 Å². The molecule has 1 aliphatic heterocycles. The number of carbonyl (C=O) groups excluding carboxylic acids is 2. The van der Waals surface area contributed by atoms with Crippen molar-refractivity contribution in [1.82, 2.24) is 19.6 Å². The van der Waals surface area contributed by atoms with E-state index in [0.717, 1.165) is 32.4 Å². The zero-order chi connectivity index (χ0) is 16.4. The number of hydrogen-bond acceptors (Lipinski definition) is 3. The summed E-state index contributed by atoms with van der Waals surface area (Å²) in [5.74, 6) is -0.0349. The average molecular weight is 314 g/mol. The van der Waals surface area contributed by atoms with E-state index in [1.54, 1.807) is 10.6 Å². The van der Waals surface area contributed by atoms with Gasteiger partial charge in [0.1, 0.15) is 0 Å². The third-order valence-corrected chi connectivity index (χ3v) is 4.02. The predicted molar refractivity (Wildman–Crippen MR) is 87.5 cm³/mol. The molecule has 2 aromatic heterocycles. The Balaban J connectivity index is 2.00. The Morgan fingerprint density at radius 3 is 2.61 bits per heavy atom. The molecule has 1 fully saturated rings. The van der Waals surface area contributed by atoms with Gasteiger partial charge in [0, 0.05) is 25.3 Å². The molecule has 6 nitrogen and oxygen atoms in total. The molecule has 23 heavy (non-hydrogen) atoms. The van der Waals surface area contributed by atoms with Crippen molar-refractivity contribution in [2.75, 3.05) is 13.1 Å². The van der Waals surface area contributed by atoms with Gasteiger partial charge in [-0.3, -0.25) is 14.0 Å². The van der Waals surface area contributed by atoms with E-state index in [-0.39, 0.29) is 17.9 Å². The Labute approximate surface area is 135 Å². The molecule has 0 saturated carbocycles. The van der Waals surface area contributed by atoms with Crippen molar-refractivity contribution >= 4 is 17.3 Å². The van der Waals surface area contributed by atoms with E-state index in [0.29, 0.717) is 17.0 Å². The smallest absolute Gasteiger partial charge is 0.290 e. The van der Waals surface area contributed by atoms with Gasteiger partial charge in [-0.2, -0.15) is 0 Å². The van der Waals surface area contributed by atoms with Gasteiger partial charge in [-0.25, -0.2) is 4.98 Å². The van der Waals surface area contributed by atoms with Crippen molar-refractivity contribution < 1.29 is 9.59 Å². The molecule has 3 rings (SSSR count). The van der Waals surface area contributed by atoms with Gasteiger partial charge < -0.3 is 10.2 Å². The lowest BCUT2D eigenvalue weighted by molar-refractivity contribution is 0.0711. The molecule has 2 aromatic rings. The van der Waals surface area contributed by atoms with Gasteiger partial charge >= 0.3 is 0 Å². The van der Waals surface area contributed by atoms with Gasteiger partial charge in [0.25, 0.3) is 11.8 Å². The van der Waals surface area contributed by atoms with Crippen LogP contribution in [0.3, 0.4) is 0 Å². The second-order valence-corrected chi connectivity index (χ2v) is 6.22. The van der Waals surface area contributed by atoms with Crippen LogP contribution in [0.2, 0.25) is 0 Å². The number of likely N-dealkylation sites (tertiary alicyclic amines) is 1. The number of aromatic nitrogens is 2. The first-order valence-corrected chi connectivity index (χ1v) is 8.15. The van der Waals surface area contributed by atoms with Crippen LogP contribution in [0.25, 0.3) is 5.52 Å². The maximum absolute atomic E-state index is 12.8. The first-order valence-electron chi connectivity index (χ1n) is 8.15. The molecule has 1 aliphatic rings. The summed E-state index contributed by atoms with van der Waals surface area (Å²) in [6.45, 7) is 5.31. The van der Waals surface area contributed by atoms with Crippen molar-refractivity contribution in [3.8, 4) is 0 Å². The van der Waals surface area contributed by atoms with Crippen LogP contribution in [0.1, 0.15) is 54.2 Å². The summed E-state index contributed by atoms with van der Waals surface area (Å²) in [6.07, 6.45) is 4.99. The number of carbonyl (C=O) groups is 2. The Morgan fingerprint density at radius 1 is 1.17 bits per heavy atom. The number of imidazole rings is 1. The molecule has 0 aromatic carbocycles. The highest BCUT2D eigenvalue weighted by molar-refractivity contribution is 6.02. The fourth-order valence-electron chi connectivity index (χ4n) is 2.92. The second-order valence-electron chi connectivity index (χ2n) is 6.22. The van der Waals surface area contributed by atoms with Gasteiger partial charge in [-0.05, 0) is 45.2 Å². The Bertz CT molecular complexity index is 729. The summed E-state index contributed by atoms with van der Waals surface area (Å²) >= 11 is 0. The molecule has 6 heteroatoms. The minimum Gasteiger partial charge on any atom is -0.348 e. The summed E-state index contributed by atoms with van der Waals surface area (Å²) in [5, 5.41) is 2.84. The fraction of sp³-hybridized carbons (Fsp3) is 0.471. The van der Waals surface area contributed by atoms with Gasteiger partial charge in [0.05, 0.1) is 5.52 Å². The first kappa shape index (κ1) is 15.5. The average Bonchev–Trinajstić information content (AvgIpc) is 2.94. The van der Waals surface area contributed by atoms with Crippen molar-refractivity contribution in [1.29, 1.82) is 0 Å². The zero-order valence-corrected chi connectivity index (χ0v) is 13.6. The highest BCUT2D eigenvalue weighted by atomic mass is 16.2. The summed E-state index contributed by atoms with van der Waals surface area (Å²) in [5.41, 5.74) is 0.964. The Morgan fingerprint density at radius 2 is 1.91 bits per heavy atom. The van der Waals surface area contributed by atoms with Crippen LogP contribution in [0.15, 0.2) is 24.4 Å². The van der Waals surface area contributed by atoms with Crippen molar-refractivity contribution in [2.45, 2.75) is 39.2 Å². The summed E-state index contributed by atoms with van der Waals surface area (Å²) in [6, 6.07) is 5.52. The van der Waals surface area contributed by atoms with Crippen molar-refractivity contribution in [3.63, 3.8) is 0 Å². The zero-order valence-electron chi connectivity index (χ0n) is 13.6. The number of hydrogen-bond donors (Lipinski definition) is 1. The normalized spacial score (nSPS) is 15.2. The molecular formula is C17H22N4O2. The number of nitrogens with zero attached hydrogens (tertiary/aromatic N) is 3. The van der Waals surface area contributed by atoms with E-state index in [4.69, 9.17) is 0 Å². The molecule has 0 unspecified atom stereocenters. The van der Waals surface area contributed by atoms with E-state index in [2.05, 4.69) is 10.3 Å². The lowest BCUT2D eigenvalue weighted by atomic mass is 10.1. The number of nitrogens with one attached hydrogen (secondary N) is 1. The van der Waals surface area contributed by atoms with E-state index >= 15 is 0 Å². The molecule has 3 heterocycles. The quantitative estimate of drug-likeness (QED) is 0.943. The second kappa shape index (κ2) is 6.40. The lowest BCUT2D eigenvalue weighted by Gasteiger charge is -2.25. The summed E-state index contributed by atoms with van der Waals surface area (Å²) in [4.78, 5) is 31.4. The molecule has 0 atom stereocenters. The van der Waals surface area contributed by atoms with Crippen LogP contribution >= 0.6 is 0 Å². The van der Waals surface area contributed by atoms with E-state index in [1.165, 1.54) is 0 Å². The monoisotopic (exact) mass is 314 g/mol.